The fourth-order valence-electron chi connectivity index (χ4n) is 2.50. The van der Waals surface area contributed by atoms with E-state index in [2.05, 4.69) is 0 Å². The molecule has 0 unspecified atom stereocenters. The van der Waals surface area contributed by atoms with E-state index in [4.69, 9.17) is 4.65 Å². The molecule has 0 saturated heterocycles. The number of rotatable bonds is 1. The number of hydrogen-bond donors (Lipinski definition) is 2. The maximum atomic E-state index is 13.4. The number of carbonyl (C=O) groups excluding carboxylic acids is 1. The summed E-state index contributed by atoms with van der Waals surface area (Å²) in [7, 11) is 0. The number of hydrogen-bond acceptors (Lipinski definition) is 5. The summed E-state index contributed by atoms with van der Waals surface area (Å²) in [5, 5.41) is 30.0. The molecule has 19 heavy (non-hydrogen) atoms. The van der Waals surface area contributed by atoms with Crippen molar-refractivity contribution in [3.05, 3.63) is 29.1 Å². The molecule has 90 valence electrons. The summed E-state index contributed by atoms with van der Waals surface area (Å²) in [6, 6.07) is 2.44. The quantitative estimate of drug-likeness (QED) is 0.500. The van der Waals surface area contributed by atoms with Gasteiger partial charge in [-0.05, 0) is 17.5 Å². The van der Waals surface area contributed by atoms with E-state index in [1.54, 1.807) is 0 Å². The summed E-state index contributed by atoms with van der Waals surface area (Å²) in [6.07, 6.45) is 0.498. The smallest absolute Gasteiger partial charge is 0.669 e. The number of benzene rings is 1. The van der Waals surface area contributed by atoms with E-state index in [1.165, 1.54) is 6.07 Å². The van der Waals surface area contributed by atoms with Crippen molar-refractivity contribution in [3.8, 4) is 5.75 Å². The summed E-state index contributed by atoms with van der Waals surface area (Å²) in [5.74, 6) is -3.65. The Bertz CT molecular complexity index is 539. The largest absolute Gasteiger partial charge is 1.00 e. The maximum absolute atomic E-state index is 13.4. The SMILES string of the molecule is O=C([O-])c1c(F)ccc2c1O[B-](O)(O)[C@H]1C[C@@H]21.[Na+].[Na+]. The van der Waals surface area contributed by atoms with Gasteiger partial charge in [-0.3, -0.25) is 0 Å². The zero-order valence-electron chi connectivity index (χ0n) is 10.6. The molecule has 1 heterocycles. The van der Waals surface area contributed by atoms with Crippen LogP contribution in [0.4, 0.5) is 4.39 Å². The minimum absolute atomic E-state index is 0. The molecule has 2 aliphatic rings. The monoisotopic (exact) mass is 284 g/mol. The average Bonchev–Trinajstić information content (AvgIpc) is 2.96. The summed E-state index contributed by atoms with van der Waals surface area (Å²) in [6.45, 7) is -3.11. The van der Waals surface area contributed by atoms with Gasteiger partial charge in [0.05, 0.1) is 17.3 Å². The fourth-order valence-corrected chi connectivity index (χ4v) is 2.50. The summed E-state index contributed by atoms with van der Waals surface area (Å²) in [4.78, 5) is 10.8. The second-order valence-electron chi connectivity index (χ2n) is 4.51. The van der Waals surface area contributed by atoms with Crippen LogP contribution in [0.1, 0.15) is 28.3 Å². The zero-order valence-corrected chi connectivity index (χ0v) is 14.6. The Hall–Kier alpha value is 0.405. The zero-order chi connectivity index (χ0) is 12.4. The third kappa shape index (κ3) is 2.75. The number of fused-ring (bicyclic) bond motifs is 3. The molecule has 1 aliphatic carbocycles. The summed E-state index contributed by atoms with van der Waals surface area (Å²) in [5.41, 5.74) is -0.251. The van der Waals surface area contributed by atoms with E-state index in [1.807, 2.05) is 0 Å². The van der Waals surface area contributed by atoms with Gasteiger partial charge in [0.15, 0.2) is 0 Å². The van der Waals surface area contributed by atoms with E-state index in [0.29, 0.717) is 12.0 Å². The van der Waals surface area contributed by atoms with Gasteiger partial charge in [-0.1, -0.05) is 18.3 Å². The van der Waals surface area contributed by atoms with Crippen molar-refractivity contribution in [2.75, 3.05) is 0 Å². The normalized spacial score (nSPS) is 24.8. The molecule has 1 aliphatic heterocycles. The average molecular weight is 284 g/mol. The maximum Gasteiger partial charge on any atom is 1.00 e. The predicted octanol–water partition coefficient (Wildman–Crippen LogP) is -6.63. The van der Waals surface area contributed by atoms with Gasteiger partial charge in [-0.25, -0.2) is 4.39 Å². The van der Waals surface area contributed by atoms with Crippen molar-refractivity contribution in [2.45, 2.75) is 18.2 Å². The van der Waals surface area contributed by atoms with Crippen LogP contribution in [0.3, 0.4) is 0 Å². The van der Waals surface area contributed by atoms with E-state index >= 15 is 0 Å². The van der Waals surface area contributed by atoms with Crippen LogP contribution in [-0.4, -0.2) is 22.8 Å². The third-order valence-electron chi connectivity index (χ3n) is 3.43. The van der Waals surface area contributed by atoms with Crippen LogP contribution in [0, 0.1) is 5.82 Å². The first-order valence-corrected chi connectivity index (χ1v) is 5.24. The minimum atomic E-state index is -3.11. The number of carbonyl (C=O) groups is 1. The van der Waals surface area contributed by atoms with Gasteiger partial charge in [0.2, 0.25) is 0 Å². The van der Waals surface area contributed by atoms with Crippen molar-refractivity contribution in [2.24, 2.45) is 0 Å². The Balaban J connectivity index is 0.000000902. The molecule has 1 aromatic carbocycles. The summed E-state index contributed by atoms with van der Waals surface area (Å²) < 4.78 is 18.2. The van der Waals surface area contributed by atoms with Crippen molar-refractivity contribution in [1.29, 1.82) is 0 Å². The van der Waals surface area contributed by atoms with E-state index < -0.39 is 29.9 Å². The van der Waals surface area contributed by atoms with Crippen LogP contribution in [0.25, 0.3) is 0 Å². The Morgan fingerprint density at radius 3 is 2.63 bits per heavy atom. The van der Waals surface area contributed by atoms with Crippen LogP contribution in [0.5, 0.6) is 5.75 Å². The van der Waals surface area contributed by atoms with Gasteiger partial charge in [0.25, 0.3) is 0 Å². The van der Waals surface area contributed by atoms with Crippen LogP contribution < -0.4 is 68.9 Å². The van der Waals surface area contributed by atoms with E-state index in [-0.39, 0.29) is 70.8 Å². The molecule has 0 aromatic heterocycles. The third-order valence-corrected chi connectivity index (χ3v) is 3.43. The molecular formula is C10H8BFNa2O5. The van der Waals surface area contributed by atoms with Crippen LogP contribution in [-0.2, 0) is 0 Å². The topological polar surface area (TPSA) is 89.8 Å². The molecular weight excluding hydrogens is 276 g/mol. The van der Waals surface area contributed by atoms with Gasteiger partial charge in [0, 0.05) is 0 Å². The molecule has 1 fully saturated rings. The second-order valence-corrected chi connectivity index (χ2v) is 4.51. The second kappa shape index (κ2) is 5.65. The Kier molecular flexibility index (Phi) is 5.19. The Labute approximate surface area is 152 Å². The first kappa shape index (κ1) is 17.5. The molecule has 2 atom stereocenters. The van der Waals surface area contributed by atoms with E-state index in [0.717, 1.165) is 6.07 Å². The standard InChI is InChI=1S/C10H9BFO5.2Na/c12-7-2-1-4-5-3-6(5)11(15,16)17-9(4)8(7)10(13)14;;/h1-2,5-6,15-16H,3H2,(H,13,14);;/q-1;2*+1/p-1/t5-,6-;;/m0../s1. The van der Waals surface area contributed by atoms with Crippen molar-refractivity contribution in [1.82, 2.24) is 0 Å². The van der Waals surface area contributed by atoms with Gasteiger partial charge < -0.3 is 24.6 Å². The van der Waals surface area contributed by atoms with Crippen molar-refractivity contribution < 1.29 is 88.1 Å². The molecule has 0 amide bonds. The van der Waals surface area contributed by atoms with Crippen molar-refractivity contribution >= 4 is 12.7 Å². The van der Waals surface area contributed by atoms with Gasteiger partial charge in [-0.15, -0.1) is 0 Å². The Morgan fingerprint density at radius 1 is 1.42 bits per heavy atom. The molecule has 0 spiro atoms. The molecule has 9 heteroatoms. The van der Waals surface area contributed by atoms with Crippen molar-refractivity contribution in [3.63, 3.8) is 0 Å². The predicted molar refractivity (Wildman–Crippen MR) is 52.7 cm³/mol. The molecule has 0 radical (unpaired) electrons. The first-order chi connectivity index (χ1) is 7.92. The Morgan fingerprint density at radius 2 is 2.05 bits per heavy atom. The van der Waals surface area contributed by atoms with Gasteiger partial charge in [0.1, 0.15) is 5.82 Å². The number of carboxylic acid groups (broad SMARTS) is 1. The van der Waals surface area contributed by atoms with Crippen LogP contribution in [0.2, 0.25) is 5.82 Å². The molecule has 3 rings (SSSR count). The number of aromatic carboxylic acids is 1. The molecule has 1 saturated carbocycles. The molecule has 1 aromatic rings. The first-order valence-electron chi connectivity index (χ1n) is 5.24. The van der Waals surface area contributed by atoms with Crippen LogP contribution >= 0.6 is 0 Å². The molecule has 5 nitrogen and oxygen atoms in total. The van der Waals surface area contributed by atoms with Gasteiger partial charge >= 0.3 is 65.9 Å². The minimum Gasteiger partial charge on any atom is -0.669 e. The fraction of sp³-hybridized carbons (Fsp3) is 0.300. The molecule has 0 bridgehead atoms. The molecule has 2 N–H and O–H groups in total. The van der Waals surface area contributed by atoms with Gasteiger partial charge in [-0.2, -0.15) is 0 Å². The number of halogens is 1. The summed E-state index contributed by atoms with van der Waals surface area (Å²) >= 11 is 0. The van der Waals surface area contributed by atoms with E-state index in [9.17, 15) is 24.3 Å². The number of carboxylic acids is 1. The van der Waals surface area contributed by atoms with Crippen LogP contribution in [0.15, 0.2) is 12.1 Å².